The number of halogens is 1. The Bertz CT molecular complexity index is 263. The van der Waals surface area contributed by atoms with E-state index in [0.717, 1.165) is 6.42 Å². The lowest BCUT2D eigenvalue weighted by Gasteiger charge is -2.16. The van der Waals surface area contributed by atoms with Gasteiger partial charge >= 0.3 is 0 Å². The molecule has 0 radical (unpaired) electrons. The van der Waals surface area contributed by atoms with Crippen LogP contribution in [-0.4, -0.2) is 31.0 Å². The second-order valence-electron chi connectivity index (χ2n) is 3.87. The highest BCUT2D eigenvalue weighted by Crippen LogP contribution is 2.25. The molecule has 5 heteroatoms. The quantitative estimate of drug-likeness (QED) is 0.683. The van der Waals surface area contributed by atoms with E-state index in [-0.39, 0.29) is 5.21 Å². The Balaban J connectivity index is 2.60. The van der Waals surface area contributed by atoms with Gasteiger partial charge in [0.05, 0.1) is 0 Å². The van der Waals surface area contributed by atoms with Crippen LogP contribution in [0.15, 0.2) is 0 Å². The molecule has 1 fully saturated rings. The van der Waals surface area contributed by atoms with Gasteiger partial charge in [-0.2, -0.15) is 0 Å². The van der Waals surface area contributed by atoms with Crippen LogP contribution >= 0.6 is 11.6 Å². The van der Waals surface area contributed by atoms with Crippen molar-refractivity contribution in [3.05, 3.63) is 0 Å². The number of hydrogen-bond acceptors (Lipinski definition) is 2. The maximum absolute atomic E-state index is 11.4. The summed E-state index contributed by atoms with van der Waals surface area (Å²) >= 11 is 5.37. The van der Waals surface area contributed by atoms with Gasteiger partial charge in [-0.05, 0) is 18.3 Å². The Kier molecular flexibility index (Phi) is 3.60. The number of hydrogen-bond donors (Lipinski definition) is 0. The third-order valence-corrected chi connectivity index (χ3v) is 4.88. The molecular weight excluding hydrogens is 210 g/mol. The van der Waals surface area contributed by atoms with E-state index >= 15 is 0 Å². The van der Waals surface area contributed by atoms with E-state index in [9.17, 15) is 8.42 Å². The van der Waals surface area contributed by atoms with Gasteiger partial charge in [0.2, 0.25) is 10.0 Å². The molecule has 13 heavy (non-hydrogen) atoms. The van der Waals surface area contributed by atoms with Crippen molar-refractivity contribution in [2.75, 3.05) is 18.3 Å². The summed E-state index contributed by atoms with van der Waals surface area (Å²) in [5, 5.41) is -0.294. The Morgan fingerprint density at radius 1 is 1.54 bits per heavy atom. The van der Waals surface area contributed by atoms with E-state index in [1.54, 1.807) is 0 Å². The van der Waals surface area contributed by atoms with Gasteiger partial charge in [-0.25, -0.2) is 12.7 Å². The van der Waals surface area contributed by atoms with Gasteiger partial charge in [0.1, 0.15) is 5.21 Å². The monoisotopic (exact) mass is 225 g/mol. The molecule has 0 saturated carbocycles. The standard InChI is InChI=1S/C8H16ClNO2S/c1-7(2)8-3-4-10(5-8)13(11,12)6-9/h7-8H,3-6H2,1-2H3. The Hall–Kier alpha value is 0.200. The maximum Gasteiger partial charge on any atom is 0.228 e. The summed E-state index contributed by atoms with van der Waals surface area (Å²) in [5.74, 6) is 1.05. The van der Waals surface area contributed by atoms with Crippen LogP contribution in [0.2, 0.25) is 0 Å². The predicted octanol–water partition coefficient (Wildman–Crippen LogP) is 1.49. The van der Waals surface area contributed by atoms with Crippen LogP contribution in [0, 0.1) is 11.8 Å². The van der Waals surface area contributed by atoms with Crippen LogP contribution < -0.4 is 0 Å². The second-order valence-corrected chi connectivity index (χ2v) is 6.42. The lowest BCUT2D eigenvalue weighted by molar-refractivity contribution is 0.389. The predicted molar refractivity (Wildman–Crippen MR) is 54.2 cm³/mol. The molecule has 1 heterocycles. The normalized spacial score (nSPS) is 25.7. The zero-order valence-corrected chi connectivity index (χ0v) is 9.61. The molecule has 78 valence electrons. The molecule has 1 aliphatic rings. The van der Waals surface area contributed by atoms with Crippen molar-refractivity contribution < 1.29 is 8.42 Å². The second kappa shape index (κ2) is 4.15. The van der Waals surface area contributed by atoms with E-state index in [1.165, 1.54) is 4.31 Å². The lowest BCUT2D eigenvalue weighted by atomic mass is 9.96. The van der Waals surface area contributed by atoms with Gasteiger partial charge in [0.25, 0.3) is 0 Å². The minimum atomic E-state index is -3.17. The Morgan fingerprint density at radius 3 is 2.54 bits per heavy atom. The first-order chi connectivity index (χ1) is 5.97. The van der Waals surface area contributed by atoms with Crippen molar-refractivity contribution in [1.29, 1.82) is 0 Å². The van der Waals surface area contributed by atoms with Crippen LogP contribution in [0.4, 0.5) is 0 Å². The topological polar surface area (TPSA) is 37.4 Å². The van der Waals surface area contributed by atoms with Gasteiger partial charge < -0.3 is 0 Å². The van der Waals surface area contributed by atoms with Crippen molar-refractivity contribution in [1.82, 2.24) is 4.31 Å². The fraction of sp³-hybridized carbons (Fsp3) is 1.00. The molecule has 0 aromatic carbocycles. The molecule has 0 spiro atoms. The van der Waals surface area contributed by atoms with Gasteiger partial charge in [-0.15, -0.1) is 11.6 Å². The molecule has 1 atom stereocenters. The number of nitrogens with zero attached hydrogens (tertiary/aromatic N) is 1. The molecule has 0 amide bonds. The smallest absolute Gasteiger partial charge is 0.211 e. The average Bonchev–Trinajstić information content (AvgIpc) is 2.52. The molecule has 0 bridgehead atoms. The number of alkyl halides is 1. The fourth-order valence-electron chi connectivity index (χ4n) is 1.62. The van der Waals surface area contributed by atoms with E-state index in [1.807, 2.05) is 0 Å². The first-order valence-electron chi connectivity index (χ1n) is 4.51. The van der Waals surface area contributed by atoms with Crippen LogP contribution in [0.3, 0.4) is 0 Å². The minimum absolute atomic E-state index is 0.294. The molecule has 3 nitrogen and oxygen atoms in total. The maximum atomic E-state index is 11.4. The van der Waals surface area contributed by atoms with Crippen LogP contribution in [-0.2, 0) is 10.0 Å². The van der Waals surface area contributed by atoms with E-state index in [2.05, 4.69) is 13.8 Å². The summed E-state index contributed by atoms with van der Waals surface area (Å²) in [4.78, 5) is 0. The zero-order chi connectivity index (χ0) is 10.1. The molecule has 1 aliphatic heterocycles. The summed E-state index contributed by atoms with van der Waals surface area (Å²) in [5.41, 5.74) is 0. The fourth-order valence-corrected chi connectivity index (χ4v) is 2.97. The number of sulfonamides is 1. The van der Waals surface area contributed by atoms with E-state index in [0.29, 0.717) is 24.9 Å². The van der Waals surface area contributed by atoms with Gasteiger partial charge in [-0.1, -0.05) is 13.8 Å². The Morgan fingerprint density at radius 2 is 2.15 bits per heavy atom. The summed E-state index contributed by atoms with van der Waals surface area (Å²) in [7, 11) is -3.17. The molecule has 0 aromatic heterocycles. The molecule has 1 rings (SSSR count). The first-order valence-corrected chi connectivity index (χ1v) is 6.65. The molecule has 1 unspecified atom stereocenters. The summed E-state index contributed by atoms with van der Waals surface area (Å²) in [6.45, 7) is 5.54. The van der Waals surface area contributed by atoms with Crippen molar-refractivity contribution >= 4 is 21.6 Å². The SMILES string of the molecule is CC(C)C1CCN(S(=O)(=O)CCl)C1. The van der Waals surface area contributed by atoms with E-state index in [4.69, 9.17) is 11.6 Å². The van der Waals surface area contributed by atoms with Crippen molar-refractivity contribution in [2.24, 2.45) is 11.8 Å². The van der Waals surface area contributed by atoms with Gasteiger partial charge in [-0.3, -0.25) is 0 Å². The molecule has 1 saturated heterocycles. The molecule has 0 aromatic rings. The van der Waals surface area contributed by atoms with Gasteiger partial charge in [0.15, 0.2) is 0 Å². The van der Waals surface area contributed by atoms with Crippen LogP contribution in [0.1, 0.15) is 20.3 Å². The van der Waals surface area contributed by atoms with Crippen molar-refractivity contribution in [2.45, 2.75) is 20.3 Å². The highest BCUT2D eigenvalue weighted by molar-refractivity contribution is 7.90. The largest absolute Gasteiger partial charge is 0.228 e. The first kappa shape index (κ1) is 11.3. The zero-order valence-electron chi connectivity index (χ0n) is 8.03. The summed E-state index contributed by atoms with van der Waals surface area (Å²) < 4.78 is 24.2. The van der Waals surface area contributed by atoms with Crippen LogP contribution in [0.25, 0.3) is 0 Å². The third kappa shape index (κ3) is 2.58. The Labute approximate surface area is 85.1 Å². The van der Waals surface area contributed by atoms with Gasteiger partial charge in [0, 0.05) is 13.1 Å². The van der Waals surface area contributed by atoms with Crippen molar-refractivity contribution in [3.63, 3.8) is 0 Å². The summed E-state index contributed by atoms with van der Waals surface area (Å²) in [6.07, 6.45) is 0.966. The highest BCUT2D eigenvalue weighted by Gasteiger charge is 2.31. The highest BCUT2D eigenvalue weighted by atomic mass is 35.5. The molecular formula is C8H16ClNO2S. The summed E-state index contributed by atoms with van der Waals surface area (Å²) in [6, 6.07) is 0. The minimum Gasteiger partial charge on any atom is -0.211 e. The lowest BCUT2D eigenvalue weighted by Crippen LogP contribution is -2.30. The van der Waals surface area contributed by atoms with Crippen LogP contribution in [0.5, 0.6) is 0 Å². The average molecular weight is 226 g/mol. The van der Waals surface area contributed by atoms with E-state index < -0.39 is 10.0 Å². The molecule has 0 aliphatic carbocycles. The molecule has 0 N–H and O–H groups in total. The van der Waals surface area contributed by atoms with Crippen molar-refractivity contribution in [3.8, 4) is 0 Å². The number of rotatable bonds is 3. The third-order valence-electron chi connectivity index (χ3n) is 2.66.